The molecule has 1 aromatic carbocycles. The molecule has 4 bridgehead atoms. The third kappa shape index (κ3) is 1.46. The SMILES string of the molecule is CC12C[NH+]3CC(C)(C[NH+](C1)C3c1ccc(O)cc1)C2=O. The van der Waals surface area contributed by atoms with Crippen LogP contribution in [0, 0.1) is 10.8 Å². The molecule has 1 aromatic rings. The van der Waals surface area contributed by atoms with Gasteiger partial charge in [0.25, 0.3) is 0 Å². The summed E-state index contributed by atoms with van der Waals surface area (Å²) in [4.78, 5) is 15.7. The Morgan fingerprint density at radius 1 is 1.00 bits per heavy atom. The monoisotopic (exact) mass is 274 g/mol. The predicted molar refractivity (Wildman–Crippen MR) is 73.5 cm³/mol. The normalized spacial score (nSPS) is 45.9. The third-order valence-electron chi connectivity index (χ3n) is 5.61. The van der Waals surface area contributed by atoms with Gasteiger partial charge >= 0.3 is 0 Å². The maximum Gasteiger partial charge on any atom is 0.240 e. The molecule has 0 saturated carbocycles. The number of carbonyl (C=O) groups is 1. The molecule has 0 amide bonds. The van der Waals surface area contributed by atoms with Crippen molar-refractivity contribution in [2.24, 2.45) is 10.8 Å². The summed E-state index contributed by atoms with van der Waals surface area (Å²) in [6.07, 6.45) is 0.421. The van der Waals surface area contributed by atoms with Gasteiger partial charge in [-0.15, -0.1) is 0 Å². The van der Waals surface area contributed by atoms with E-state index in [0.29, 0.717) is 17.7 Å². The van der Waals surface area contributed by atoms with E-state index in [-0.39, 0.29) is 10.8 Å². The number of nitrogens with one attached hydrogen (secondary N) is 2. The molecule has 0 spiro atoms. The van der Waals surface area contributed by atoms with Crippen molar-refractivity contribution in [3.8, 4) is 5.75 Å². The molecule has 0 aliphatic carbocycles. The standard InChI is InChI=1S/C16H20N2O2/c1-15-7-17-9-16(2,14(15)20)10-18(8-15)13(17)11-3-5-12(19)6-4-11/h3-6,13,19H,7-10H2,1-2H3/p+2. The van der Waals surface area contributed by atoms with Crippen molar-refractivity contribution in [1.29, 1.82) is 0 Å². The van der Waals surface area contributed by atoms with Gasteiger partial charge in [-0.25, -0.2) is 0 Å². The van der Waals surface area contributed by atoms with Gasteiger partial charge in [-0.3, -0.25) is 14.6 Å². The lowest BCUT2D eigenvalue weighted by molar-refractivity contribution is -1.18. The van der Waals surface area contributed by atoms with E-state index in [4.69, 9.17) is 0 Å². The number of carbonyl (C=O) groups excluding carboxylic acids is 1. The van der Waals surface area contributed by atoms with E-state index in [2.05, 4.69) is 13.8 Å². The van der Waals surface area contributed by atoms with E-state index < -0.39 is 0 Å². The first kappa shape index (κ1) is 12.4. The quantitative estimate of drug-likeness (QED) is 0.601. The first-order valence-corrected chi connectivity index (χ1v) is 7.44. The minimum absolute atomic E-state index is 0.136. The van der Waals surface area contributed by atoms with Gasteiger partial charge in [-0.1, -0.05) is 0 Å². The lowest BCUT2D eigenvalue weighted by Gasteiger charge is -2.58. The van der Waals surface area contributed by atoms with Gasteiger partial charge in [0.05, 0.1) is 31.7 Å². The molecule has 4 saturated heterocycles. The number of ketones is 1. The highest BCUT2D eigenvalue weighted by Gasteiger charge is 2.68. The van der Waals surface area contributed by atoms with Crippen LogP contribution < -0.4 is 9.80 Å². The number of rotatable bonds is 1. The van der Waals surface area contributed by atoms with E-state index in [0.717, 1.165) is 26.2 Å². The van der Waals surface area contributed by atoms with Gasteiger partial charge in [-0.05, 0) is 38.1 Å². The van der Waals surface area contributed by atoms with Crippen LogP contribution in [0.25, 0.3) is 0 Å². The van der Waals surface area contributed by atoms with E-state index in [1.54, 1.807) is 12.1 Å². The molecule has 5 rings (SSSR count). The van der Waals surface area contributed by atoms with Crippen LogP contribution in [0.3, 0.4) is 0 Å². The molecule has 4 fully saturated rings. The second kappa shape index (κ2) is 3.62. The molecule has 3 N–H and O–H groups in total. The molecule has 4 aliphatic heterocycles. The number of piperidine rings is 2. The number of hydrogen-bond donors (Lipinski definition) is 3. The zero-order valence-electron chi connectivity index (χ0n) is 12.1. The van der Waals surface area contributed by atoms with E-state index in [1.807, 2.05) is 12.1 Å². The number of aromatic hydroxyl groups is 1. The van der Waals surface area contributed by atoms with Crippen molar-refractivity contribution in [2.45, 2.75) is 20.0 Å². The average molecular weight is 274 g/mol. The zero-order chi connectivity index (χ0) is 14.1. The van der Waals surface area contributed by atoms with Crippen LogP contribution in [0.4, 0.5) is 0 Å². The van der Waals surface area contributed by atoms with Crippen molar-refractivity contribution in [3.63, 3.8) is 0 Å². The lowest BCUT2D eigenvalue weighted by Crippen LogP contribution is -3.41. The lowest BCUT2D eigenvalue weighted by atomic mass is 9.62. The van der Waals surface area contributed by atoms with Crippen molar-refractivity contribution < 1.29 is 19.7 Å². The minimum Gasteiger partial charge on any atom is -0.508 e. The zero-order valence-corrected chi connectivity index (χ0v) is 12.1. The molecule has 0 atom stereocenters. The highest BCUT2D eigenvalue weighted by Crippen LogP contribution is 2.36. The molecule has 4 nitrogen and oxygen atoms in total. The molecule has 0 aromatic heterocycles. The Hall–Kier alpha value is -1.39. The molecule has 4 aliphatic rings. The van der Waals surface area contributed by atoms with Crippen LogP contribution >= 0.6 is 0 Å². The second-order valence-corrected chi connectivity index (χ2v) is 7.50. The predicted octanol–water partition coefficient (Wildman–Crippen LogP) is -1.22. The van der Waals surface area contributed by atoms with Crippen molar-refractivity contribution in [2.75, 3.05) is 26.2 Å². The van der Waals surface area contributed by atoms with Crippen molar-refractivity contribution >= 4 is 5.78 Å². The minimum atomic E-state index is -0.136. The van der Waals surface area contributed by atoms with Crippen LogP contribution in [0.5, 0.6) is 5.75 Å². The van der Waals surface area contributed by atoms with Gasteiger partial charge < -0.3 is 5.11 Å². The summed E-state index contributed by atoms with van der Waals surface area (Å²) in [5.41, 5.74) is 1.01. The summed E-state index contributed by atoms with van der Waals surface area (Å²) >= 11 is 0. The fraction of sp³-hybridized carbons (Fsp3) is 0.562. The second-order valence-electron chi connectivity index (χ2n) is 7.50. The third-order valence-corrected chi connectivity index (χ3v) is 5.61. The summed E-state index contributed by atoms with van der Waals surface area (Å²) in [5.74, 6) is 0.809. The molecule has 0 radical (unpaired) electrons. The Balaban J connectivity index is 1.74. The number of benzene rings is 1. The van der Waals surface area contributed by atoms with Crippen LogP contribution in [-0.2, 0) is 4.79 Å². The summed E-state index contributed by atoms with van der Waals surface area (Å²) < 4.78 is 0. The van der Waals surface area contributed by atoms with Crippen LogP contribution in [0.1, 0.15) is 25.6 Å². The summed E-state index contributed by atoms with van der Waals surface area (Å²) in [6, 6.07) is 7.62. The maximum atomic E-state index is 12.6. The number of Topliss-reactive ketones (excluding diaryl/α,β-unsaturated/α-hetero) is 1. The molecule has 20 heavy (non-hydrogen) atoms. The first-order chi connectivity index (χ1) is 9.41. The van der Waals surface area contributed by atoms with E-state index in [9.17, 15) is 9.90 Å². The molecule has 4 heteroatoms. The fourth-order valence-corrected chi connectivity index (χ4v) is 5.14. The summed E-state index contributed by atoms with van der Waals surface area (Å²) in [7, 11) is 0. The van der Waals surface area contributed by atoms with Gasteiger partial charge in [0.2, 0.25) is 6.17 Å². The smallest absolute Gasteiger partial charge is 0.240 e. The van der Waals surface area contributed by atoms with E-state index in [1.165, 1.54) is 15.4 Å². The molecule has 106 valence electrons. The largest absolute Gasteiger partial charge is 0.508 e. The summed E-state index contributed by atoms with van der Waals surface area (Å²) in [5, 5.41) is 9.47. The Morgan fingerprint density at radius 3 is 1.90 bits per heavy atom. The molecular formula is C16H22N2O2+2. The Labute approximate surface area is 119 Å². The Bertz CT molecular complexity index is 541. The van der Waals surface area contributed by atoms with Gasteiger partial charge in [0.1, 0.15) is 16.6 Å². The van der Waals surface area contributed by atoms with Crippen LogP contribution in [0.2, 0.25) is 0 Å². The number of phenolic OH excluding ortho intramolecular Hbond substituents is 1. The Morgan fingerprint density at radius 2 is 1.45 bits per heavy atom. The van der Waals surface area contributed by atoms with Gasteiger partial charge in [-0.2, -0.15) is 0 Å². The topological polar surface area (TPSA) is 46.2 Å². The van der Waals surface area contributed by atoms with E-state index >= 15 is 0 Å². The number of phenols is 1. The Kier molecular flexibility index (Phi) is 2.24. The highest BCUT2D eigenvalue weighted by molar-refractivity contribution is 5.91. The number of quaternary nitrogens is 2. The highest BCUT2D eigenvalue weighted by atomic mass is 16.3. The van der Waals surface area contributed by atoms with Crippen molar-refractivity contribution in [3.05, 3.63) is 29.8 Å². The van der Waals surface area contributed by atoms with Crippen molar-refractivity contribution in [1.82, 2.24) is 0 Å². The summed E-state index contributed by atoms with van der Waals surface area (Å²) in [6.45, 7) is 8.12. The number of hydrogen-bond acceptors (Lipinski definition) is 2. The van der Waals surface area contributed by atoms with Crippen LogP contribution in [0.15, 0.2) is 24.3 Å². The molecule has 0 unspecified atom stereocenters. The fourth-order valence-electron chi connectivity index (χ4n) is 5.14. The van der Waals surface area contributed by atoms with Crippen LogP contribution in [-0.4, -0.2) is 37.1 Å². The first-order valence-electron chi connectivity index (χ1n) is 7.44. The van der Waals surface area contributed by atoms with Gasteiger partial charge in [0.15, 0.2) is 5.78 Å². The average Bonchev–Trinajstić information content (AvgIpc) is 2.36. The molecule has 4 heterocycles. The van der Waals surface area contributed by atoms with Gasteiger partial charge in [0, 0.05) is 0 Å². The molecular weight excluding hydrogens is 252 g/mol. The maximum absolute atomic E-state index is 12.6.